The minimum Gasteiger partial charge on any atom is -0.396 e. The summed E-state index contributed by atoms with van der Waals surface area (Å²) in [7, 11) is 0. The molecule has 0 unspecified atom stereocenters. The maximum absolute atomic E-state index is 8.73. The van der Waals surface area contributed by atoms with Crippen molar-refractivity contribution in [2.75, 3.05) is 12.4 Å². The average molecular weight is 194 g/mol. The van der Waals surface area contributed by atoms with Gasteiger partial charge >= 0.3 is 0 Å². The lowest BCUT2D eigenvalue weighted by Gasteiger charge is -2.00. The predicted molar refractivity (Wildman–Crippen MR) is 51.4 cm³/mol. The molecule has 0 spiro atoms. The van der Waals surface area contributed by atoms with Crippen LogP contribution < -0.4 is 0 Å². The number of thioether (sulfide) groups is 1. The second-order valence-electron chi connectivity index (χ2n) is 2.41. The number of hydrogen-bond acceptors (Lipinski definition) is 4. The van der Waals surface area contributed by atoms with Crippen molar-refractivity contribution in [3.8, 4) is 6.07 Å². The quantitative estimate of drug-likeness (QED) is 0.582. The number of nitriles is 1. The van der Waals surface area contributed by atoms with E-state index in [1.807, 2.05) is 0 Å². The highest BCUT2D eigenvalue weighted by molar-refractivity contribution is 7.99. The Balaban J connectivity index is 2.60. The van der Waals surface area contributed by atoms with E-state index in [2.05, 4.69) is 11.1 Å². The molecule has 1 heterocycles. The molecule has 0 amide bonds. The normalized spacial score (nSPS) is 9.54. The molecule has 0 bridgehead atoms. The van der Waals surface area contributed by atoms with E-state index in [0.717, 1.165) is 17.1 Å². The van der Waals surface area contributed by atoms with E-state index in [-0.39, 0.29) is 6.61 Å². The number of aliphatic hydroxyl groups excluding tert-OH is 1. The fraction of sp³-hybridized carbons (Fsp3) is 0.333. The number of nitrogens with zero attached hydrogens (tertiary/aromatic N) is 2. The summed E-state index contributed by atoms with van der Waals surface area (Å²) in [6.45, 7) is 0.190. The molecule has 0 saturated carbocycles. The number of pyridine rings is 1. The number of aromatic nitrogens is 1. The molecule has 0 aliphatic heterocycles. The van der Waals surface area contributed by atoms with Crippen LogP contribution in [0.4, 0.5) is 0 Å². The summed E-state index contributed by atoms with van der Waals surface area (Å²) in [6, 6.07) is 3.79. The van der Waals surface area contributed by atoms with E-state index in [1.54, 1.807) is 30.2 Å². The zero-order valence-electron chi connectivity index (χ0n) is 7.10. The highest BCUT2D eigenvalue weighted by Gasteiger charge is 2.00. The Kier molecular flexibility index (Phi) is 4.30. The number of rotatable bonds is 4. The summed E-state index contributed by atoms with van der Waals surface area (Å²) in [5.41, 5.74) is 0.651. The Morgan fingerprint density at radius 2 is 2.46 bits per heavy atom. The molecular weight excluding hydrogens is 184 g/mol. The molecule has 1 N–H and O–H groups in total. The lowest BCUT2D eigenvalue weighted by Crippen LogP contribution is -1.88. The standard InChI is InChI=1S/C9H10N2OS/c10-6-8-2-3-11-7-9(8)13-5-1-4-12/h2-3,7,12H,1,4-5H2. The van der Waals surface area contributed by atoms with E-state index in [4.69, 9.17) is 10.4 Å². The van der Waals surface area contributed by atoms with Crippen molar-refractivity contribution in [3.05, 3.63) is 24.0 Å². The van der Waals surface area contributed by atoms with Gasteiger partial charge in [0.2, 0.25) is 0 Å². The first kappa shape index (κ1) is 10.0. The van der Waals surface area contributed by atoms with Gasteiger partial charge in [-0.2, -0.15) is 5.26 Å². The summed E-state index contributed by atoms with van der Waals surface area (Å²) in [5, 5.41) is 17.3. The van der Waals surface area contributed by atoms with E-state index in [1.165, 1.54) is 0 Å². The smallest absolute Gasteiger partial charge is 0.100 e. The summed E-state index contributed by atoms with van der Waals surface area (Å²) in [5.74, 6) is 0.816. The monoisotopic (exact) mass is 194 g/mol. The van der Waals surface area contributed by atoms with Crippen molar-refractivity contribution >= 4 is 11.8 Å². The maximum atomic E-state index is 8.73. The number of aliphatic hydroxyl groups is 1. The predicted octanol–water partition coefficient (Wildman–Crippen LogP) is 1.43. The van der Waals surface area contributed by atoms with Crippen molar-refractivity contribution in [3.63, 3.8) is 0 Å². The van der Waals surface area contributed by atoms with Gasteiger partial charge in [-0.15, -0.1) is 11.8 Å². The van der Waals surface area contributed by atoms with E-state index >= 15 is 0 Å². The van der Waals surface area contributed by atoms with Crippen LogP contribution in [0.1, 0.15) is 12.0 Å². The van der Waals surface area contributed by atoms with Gasteiger partial charge in [0.25, 0.3) is 0 Å². The molecule has 13 heavy (non-hydrogen) atoms. The van der Waals surface area contributed by atoms with Gasteiger partial charge in [0, 0.05) is 29.6 Å². The van der Waals surface area contributed by atoms with Crippen LogP contribution >= 0.6 is 11.8 Å². The molecule has 0 fully saturated rings. The van der Waals surface area contributed by atoms with Crippen LogP contribution in [0.15, 0.2) is 23.4 Å². The molecule has 0 saturated heterocycles. The largest absolute Gasteiger partial charge is 0.396 e. The molecule has 0 atom stereocenters. The van der Waals surface area contributed by atoms with Crippen LogP contribution in [-0.2, 0) is 0 Å². The van der Waals surface area contributed by atoms with Crippen LogP contribution in [0.3, 0.4) is 0 Å². The molecule has 4 heteroatoms. The fourth-order valence-corrected chi connectivity index (χ4v) is 1.73. The lowest BCUT2D eigenvalue weighted by molar-refractivity contribution is 0.296. The van der Waals surface area contributed by atoms with Crippen molar-refractivity contribution in [1.29, 1.82) is 5.26 Å². The van der Waals surface area contributed by atoms with Gasteiger partial charge in [-0.1, -0.05) is 0 Å². The third kappa shape index (κ3) is 3.05. The highest BCUT2D eigenvalue weighted by Crippen LogP contribution is 2.21. The highest BCUT2D eigenvalue weighted by atomic mass is 32.2. The summed E-state index contributed by atoms with van der Waals surface area (Å²) in [4.78, 5) is 4.83. The van der Waals surface area contributed by atoms with Crippen LogP contribution in [0.25, 0.3) is 0 Å². The lowest BCUT2D eigenvalue weighted by atomic mass is 10.3. The summed E-state index contributed by atoms with van der Waals surface area (Å²) in [6.07, 6.45) is 4.03. The second kappa shape index (κ2) is 5.57. The molecule has 1 rings (SSSR count). The Bertz CT molecular complexity index is 309. The summed E-state index contributed by atoms with van der Waals surface area (Å²) >= 11 is 1.55. The van der Waals surface area contributed by atoms with E-state index in [9.17, 15) is 0 Å². The van der Waals surface area contributed by atoms with Gasteiger partial charge in [-0.05, 0) is 12.5 Å². The Morgan fingerprint density at radius 1 is 1.62 bits per heavy atom. The van der Waals surface area contributed by atoms with E-state index in [0.29, 0.717) is 5.56 Å². The topological polar surface area (TPSA) is 56.9 Å². The second-order valence-corrected chi connectivity index (χ2v) is 3.55. The van der Waals surface area contributed by atoms with Crippen molar-refractivity contribution in [1.82, 2.24) is 4.98 Å². The Morgan fingerprint density at radius 3 is 3.15 bits per heavy atom. The van der Waals surface area contributed by atoms with Gasteiger partial charge in [0.1, 0.15) is 6.07 Å². The van der Waals surface area contributed by atoms with E-state index < -0.39 is 0 Å². The van der Waals surface area contributed by atoms with Gasteiger partial charge in [0.05, 0.1) is 5.56 Å². The number of hydrogen-bond donors (Lipinski definition) is 1. The fourth-order valence-electron chi connectivity index (χ4n) is 0.834. The molecule has 0 aromatic carbocycles. The Hall–Kier alpha value is -1.05. The maximum Gasteiger partial charge on any atom is 0.100 e. The summed E-state index contributed by atoms with van der Waals surface area (Å²) < 4.78 is 0. The third-order valence-electron chi connectivity index (χ3n) is 1.46. The molecule has 3 nitrogen and oxygen atoms in total. The first-order valence-electron chi connectivity index (χ1n) is 3.96. The molecule has 68 valence electrons. The first-order valence-corrected chi connectivity index (χ1v) is 4.95. The Labute approximate surface area is 81.4 Å². The van der Waals surface area contributed by atoms with Crippen LogP contribution in [0.5, 0.6) is 0 Å². The van der Waals surface area contributed by atoms with Gasteiger partial charge < -0.3 is 5.11 Å². The molecule has 1 aromatic heterocycles. The van der Waals surface area contributed by atoms with Crippen LogP contribution in [-0.4, -0.2) is 22.5 Å². The minimum absolute atomic E-state index is 0.190. The van der Waals surface area contributed by atoms with Gasteiger partial charge in [0.15, 0.2) is 0 Å². The SMILES string of the molecule is N#Cc1ccncc1SCCCO. The average Bonchev–Trinajstić information content (AvgIpc) is 2.19. The van der Waals surface area contributed by atoms with Crippen LogP contribution in [0, 0.1) is 11.3 Å². The first-order chi connectivity index (χ1) is 6.38. The van der Waals surface area contributed by atoms with Gasteiger partial charge in [-0.25, -0.2) is 0 Å². The van der Waals surface area contributed by atoms with Gasteiger partial charge in [-0.3, -0.25) is 4.98 Å². The minimum atomic E-state index is 0.190. The molecular formula is C9H10N2OS. The third-order valence-corrected chi connectivity index (χ3v) is 2.59. The molecule has 0 aliphatic carbocycles. The zero-order chi connectivity index (χ0) is 9.52. The molecule has 0 radical (unpaired) electrons. The van der Waals surface area contributed by atoms with Crippen molar-refractivity contribution in [2.45, 2.75) is 11.3 Å². The van der Waals surface area contributed by atoms with Crippen molar-refractivity contribution in [2.24, 2.45) is 0 Å². The zero-order valence-corrected chi connectivity index (χ0v) is 7.92. The molecule has 0 aliphatic rings. The van der Waals surface area contributed by atoms with Crippen LogP contribution in [0.2, 0.25) is 0 Å². The van der Waals surface area contributed by atoms with Crippen molar-refractivity contribution < 1.29 is 5.11 Å². The molecule has 1 aromatic rings.